The zero-order valence-electron chi connectivity index (χ0n) is 19.1. The molecule has 1 amide bonds. The molecule has 1 N–H and O–H groups in total. The smallest absolute Gasteiger partial charge is 0.271 e. The molecule has 0 aliphatic carbocycles. The van der Waals surface area contributed by atoms with Crippen molar-refractivity contribution >= 4 is 38.8 Å². The van der Waals surface area contributed by atoms with Crippen LogP contribution in [0.1, 0.15) is 26.5 Å². The van der Waals surface area contributed by atoms with E-state index in [4.69, 9.17) is 5.26 Å². The summed E-state index contributed by atoms with van der Waals surface area (Å²) in [5.41, 5.74) is 4.27. The second-order valence-electron chi connectivity index (χ2n) is 7.85. The molecule has 10 heteroatoms. The molecule has 0 fully saturated rings. The molecular weight excluding hydrogens is 499 g/mol. The molecule has 7 nitrogen and oxygen atoms in total. The van der Waals surface area contributed by atoms with E-state index in [9.17, 15) is 17.6 Å². The lowest BCUT2D eigenvalue weighted by molar-refractivity contribution is 0.0955. The van der Waals surface area contributed by atoms with Gasteiger partial charge in [0.15, 0.2) is 15.8 Å². The molecule has 1 heterocycles. The number of thiazole rings is 1. The first kappa shape index (κ1) is 25.0. The standard InChI is InChI=1S/C26H21FN4O3S2/c1-17-24(25(32)29-16-36(33)34)30-26(35-17)31(23-12-4-18(14-28)5-13-23)15-19-2-6-20(7-3-19)21-8-10-22(27)11-9-21/h2-13,36H,15-16H2,1H3,(H,29,32). The molecule has 4 aromatic rings. The number of nitrogens with one attached hydrogen (secondary N) is 1. The predicted molar refractivity (Wildman–Crippen MR) is 138 cm³/mol. The summed E-state index contributed by atoms with van der Waals surface area (Å²) in [6.45, 7) is 2.18. The Morgan fingerprint density at radius 2 is 1.64 bits per heavy atom. The number of anilines is 2. The van der Waals surface area contributed by atoms with Gasteiger partial charge in [0.25, 0.3) is 5.91 Å². The number of carbonyl (C=O) groups is 1. The molecule has 0 aliphatic rings. The third-order valence-electron chi connectivity index (χ3n) is 5.38. The van der Waals surface area contributed by atoms with E-state index >= 15 is 0 Å². The van der Waals surface area contributed by atoms with Crippen LogP contribution in [0, 0.1) is 24.1 Å². The fourth-order valence-electron chi connectivity index (χ4n) is 3.54. The first-order chi connectivity index (χ1) is 17.3. The maximum absolute atomic E-state index is 13.3. The topological polar surface area (TPSA) is 103 Å². The number of amides is 1. The fourth-order valence-corrected chi connectivity index (χ4v) is 4.74. The molecule has 0 unspecified atom stereocenters. The minimum absolute atomic E-state index is 0.164. The first-order valence-electron chi connectivity index (χ1n) is 10.8. The van der Waals surface area contributed by atoms with E-state index in [1.807, 2.05) is 41.3 Å². The second-order valence-corrected chi connectivity index (χ2v) is 10.0. The van der Waals surface area contributed by atoms with Gasteiger partial charge >= 0.3 is 0 Å². The molecule has 36 heavy (non-hydrogen) atoms. The SMILES string of the molecule is Cc1sc(N(Cc2ccc(-c3ccc(F)cc3)cc2)c2ccc(C#N)cc2)nc1C(=O)NC[SH](=O)=O. The third-order valence-corrected chi connectivity index (χ3v) is 6.79. The molecule has 0 atom stereocenters. The van der Waals surface area contributed by atoms with Crippen LogP contribution in [0.25, 0.3) is 11.1 Å². The average Bonchev–Trinajstić information content (AvgIpc) is 3.28. The van der Waals surface area contributed by atoms with Crippen LogP contribution in [0.3, 0.4) is 0 Å². The quantitative estimate of drug-likeness (QED) is 0.325. The molecule has 0 spiro atoms. The average molecular weight is 521 g/mol. The Balaban J connectivity index is 1.65. The highest BCUT2D eigenvalue weighted by Gasteiger charge is 2.21. The minimum Gasteiger partial charge on any atom is -0.337 e. The Hall–Kier alpha value is -4.07. The Labute approximate surface area is 213 Å². The van der Waals surface area contributed by atoms with Gasteiger partial charge in [-0.3, -0.25) is 4.79 Å². The monoisotopic (exact) mass is 520 g/mol. The molecule has 0 saturated carbocycles. The number of aryl methyl sites for hydroxylation is 1. The van der Waals surface area contributed by atoms with Crippen LogP contribution in [0.2, 0.25) is 0 Å². The number of halogens is 1. The number of hydrogen-bond acceptors (Lipinski definition) is 7. The van der Waals surface area contributed by atoms with Gasteiger partial charge in [0.05, 0.1) is 18.2 Å². The van der Waals surface area contributed by atoms with Gasteiger partial charge in [0, 0.05) is 10.6 Å². The van der Waals surface area contributed by atoms with E-state index in [1.165, 1.54) is 23.5 Å². The number of carbonyl (C=O) groups excluding carboxylic acids is 1. The van der Waals surface area contributed by atoms with Crippen molar-refractivity contribution in [2.75, 3.05) is 10.8 Å². The summed E-state index contributed by atoms with van der Waals surface area (Å²) >= 11 is 1.31. The maximum atomic E-state index is 13.3. The largest absolute Gasteiger partial charge is 0.337 e. The lowest BCUT2D eigenvalue weighted by atomic mass is 10.0. The van der Waals surface area contributed by atoms with Crippen molar-refractivity contribution in [3.63, 3.8) is 0 Å². The summed E-state index contributed by atoms with van der Waals surface area (Å²) < 4.78 is 35.0. The lowest BCUT2D eigenvalue weighted by Gasteiger charge is -2.22. The van der Waals surface area contributed by atoms with Crippen molar-refractivity contribution in [3.05, 3.63) is 100 Å². The van der Waals surface area contributed by atoms with Crippen LogP contribution in [-0.4, -0.2) is 25.2 Å². The van der Waals surface area contributed by atoms with Gasteiger partial charge in [-0.25, -0.2) is 17.8 Å². The number of nitrogens with zero attached hydrogens (tertiary/aromatic N) is 3. The van der Waals surface area contributed by atoms with Crippen LogP contribution < -0.4 is 10.2 Å². The molecule has 0 saturated heterocycles. The summed E-state index contributed by atoms with van der Waals surface area (Å²) in [4.78, 5) is 19.6. The van der Waals surface area contributed by atoms with Gasteiger partial charge in [-0.15, -0.1) is 11.3 Å². The number of benzene rings is 3. The summed E-state index contributed by atoms with van der Waals surface area (Å²) in [6, 6.07) is 23.3. The van der Waals surface area contributed by atoms with Crippen molar-refractivity contribution in [1.82, 2.24) is 10.3 Å². The van der Waals surface area contributed by atoms with Crippen LogP contribution in [0.4, 0.5) is 15.2 Å². The summed E-state index contributed by atoms with van der Waals surface area (Å²) in [5, 5.41) is 12.1. The Morgan fingerprint density at radius 1 is 1.03 bits per heavy atom. The van der Waals surface area contributed by atoms with Gasteiger partial charge < -0.3 is 10.2 Å². The number of thiol groups is 1. The van der Waals surface area contributed by atoms with E-state index < -0.39 is 22.5 Å². The maximum Gasteiger partial charge on any atom is 0.271 e. The molecule has 182 valence electrons. The van der Waals surface area contributed by atoms with Crippen molar-refractivity contribution in [2.24, 2.45) is 0 Å². The number of aromatic nitrogens is 1. The highest BCUT2D eigenvalue weighted by molar-refractivity contribution is 7.72. The van der Waals surface area contributed by atoms with E-state index in [2.05, 4.69) is 16.4 Å². The van der Waals surface area contributed by atoms with Gasteiger partial charge in [0.1, 0.15) is 17.4 Å². The molecule has 0 bridgehead atoms. The van der Waals surface area contributed by atoms with E-state index in [1.54, 1.807) is 31.2 Å². The van der Waals surface area contributed by atoms with Crippen LogP contribution >= 0.6 is 11.3 Å². The summed E-state index contributed by atoms with van der Waals surface area (Å²) in [6.07, 6.45) is 0. The minimum atomic E-state index is -2.75. The Morgan fingerprint density at radius 3 is 2.22 bits per heavy atom. The molecular formula is C26H21FN4O3S2. The van der Waals surface area contributed by atoms with Crippen molar-refractivity contribution < 1.29 is 17.6 Å². The second kappa shape index (κ2) is 11.1. The van der Waals surface area contributed by atoms with E-state index in [-0.39, 0.29) is 11.5 Å². The van der Waals surface area contributed by atoms with Crippen LogP contribution in [0.15, 0.2) is 72.8 Å². The lowest BCUT2D eigenvalue weighted by Crippen LogP contribution is -2.26. The van der Waals surface area contributed by atoms with E-state index in [0.717, 1.165) is 22.4 Å². The highest BCUT2D eigenvalue weighted by atomic mass is 32.2. The molecule has 0 radical (unpaired) electrons. The number of nitriles is 1. The van der Waals surface area contributed by atoms with Crippen LogP contribution in [0.5, 0.6) is 0 Å². The van der Waals surface area contributed by atoms with Crippen LogP contribution in [-0.2, 0) is 17.2 Å². The molecule has 3 aromatic carbocycles. The summed E-state index contributed by atoms with van der Waals surface area (Å²) in [5.74, 6) is -1.31. The zero-order valence-corrected chi connectivity index (χ0v) is 20.9. The van der Waals surface area contributed by atoms with Gasteiger partial charge in [-0.1, -0.05) is 36.4 Å². The highest BCUT2D eigenvalue weighted by Crippen LogP contribution is 2.33. The fraction of sp³-hybridized carbons (Fsp3) is 0.115. The molecule has 0 aliphatic heterocycles. The van der Waals surface area contributed by atoms with Crippen molar-refractivity contribution in [3.8, 4) is 17.2 Å². The van der Waals surface area contributed by atoms with E-state index in [0.29, 0.717) is 22.1 Å². The predicted octanol–water partition coefficient (Wildman–Crippen LogP) is 4.77. The summed E-state index contributed by atoms with van der Waals surface area (Å²) in [7, 11) is -2.75. The zero-order chi connectivity index (χ0) is 25.7. The Kier molecular flexibility index (Phi) is 7.73. The molecule has 4 rings (SSSR count). The van der Waals surface area contributed by atoms with Crippen molar-refractivity contribution in [2.45, 2.75) is 13.5 Å². The first-order valence-corrected chi connectivity index (χ1v) is 13.0. The van der Waals surface area contributed by atoms with Gasteiger partial charge in [0.2, 0.25) is 0 Å². The van der Waals surface area contributed by atoms with Gasteiger partial charge in [-0.05, 0) is 60.0 Å². The Bertz CT molecular complexity index is 1480. The van der Waals surface area contributed by atoms with Crippen molar-refractivity contribution in [1.29, 1.82) is 5.26 Å². The number of hydrogen-bond donors (Lipinski definition) is 2. The number of rotatable bonds is 8. The normalized spacial score (nSPS) is 10.7. The third kappa shape index (κ3) is 5.94. The van der Waals surface area contributed by atoms with Gasteiger partial charge in [-0.2, -0.15) is 5.26 Å². The molecule has 1 aromatic heterocycles.